The third kappa shape index (κ3) is 2.97. The van der Waals surface area contributed by atoms with E-state index < -0.39 is 5.97 Å². The summed E-state index contributed by atoms with van der Waals surface area (Å²) in [5.41, 5.74) is 0. The van der Waals surface area contributed by atoms with Crippen molar-refractivity contribution in [2.75, 3.05) is 13.1 Å². The van der Waals surface area contributed by atoms with Crippen molar-refractivity contribution in [2.45, 2.75) is 51.5 Å². The zero-order chi connectivity index (χ0) is 11.5. The van der Waals surface area contributed by atoms with E-state index in [1.807, 2.05) is 0 Å². The molecule has 2 aliphatic carbocycles. The molecule has 1 N–H and O–H groups in total. The number of hydrogen-bond donors (Lipinski definition) is 1. The summed E-state index contributed by atoms with van der Waals surface area (Å²) in [6, 6.07) is 0.528. The van der Waals surface area contributed by atoms with Gasteiger partial charge in [0.1, 0.15) is 0 Å². The van der Waals surface area contributed by atoms with Crippen molar-refractivity contribution < 1.29 is 9.90 Å². The minimum Gasteiger partial charge on any atom is -0.480 e. The molecule has 92 valence electrons. The predicted molar refractivity (Wildman–Crippen MR) is 63.4 cm³/mol. The Kier molecular flexibility index (Phi) is 3.85. The van der Waals surface area contributed by atoms with E-state index in [2.05, 4.69) is 11.8 Å². The van der Waals surface area contributed by atoms with Gasteiger partial charge in [0.15, 0.2) is 0 Å². The molecule has 2 fully saturated rings. The fourth-order valence-electron chi connectivity index (χ4n) is 3.20. The second-order valence-electron chi connectivity index (χ2n) is 5.37. The molecule has 2 atom stereocenters. The Morgan fingerprint density at radius 3 is 2.56 bits per heavy atom. The summed E-state index contributed by atoms with van der Waals surface area (Å²) in [7, 11) is 0. The Labute approximate surface area is 97.8 Å². The maximum absolute atomic E-state index is 10.8. The lowest BCUT2D eigenvalue weighted by atomic mass is 9.82. The Morgan fingerprint density at radius 2 is 2.00 bits per heavy atom. The molecule has 3 nitrogen and oxygen atoms in total. The van der Waals surface area contributed by atoms with E-state index in [1.54, 1.807) is 0 Å². The maximum atomic E-state index is 10.8. The van der Waals surface area contributed by atoms with Gasteiger partial charge in [-0.15, -0.1) is 0 Å². The molecule has 0 aliphatic heterocycles. The SMILES string of the molecule is CCN(CC(=O)O)C1CCCC(C2CC2)C1. The number of rotatable bonds is 5. The lowest BCUT2D eigenvalue weighted by Gasteiger charge is -2.36. The fourth-order valence-corrected chi connectivity index (χ4v) is 3.20. The quantitative estimate of drug-likeness (QED) is 0.781. The molecule has 0 aromatic heterocycles. The molecule has 0 aromatic carbocycles. The van der Waals surface area contributed by atoms with Crippen molar-refractivity contribution in [3.05, 3.63) is 0 Å². The lowest BCUT2D eigenvalue weighted by Crippen LogP contribution is -2.42. The van der Waals surface area contributed by atoms with Gasteiger partial charge in [-0.2, -0.15) is 0 Å². The van der Waals surface area contributed by atoms with Crippen LogP contribution in [-0.2, 0) is 4.79 Å². The van der Waals surface area contributed by atoms with Gasteiger partial charge in [-0.1, -0.05) is 19.8 Å². The maximum Gasteiger partial charge on any atom is 0.317 e. The monoisotopic (exact) mass is 225 g/mol. The van der Waals surface area contributed by atoms with Crippen LogP contribution in [0.3, 0.4) is 0 Å². The molecule has 0 saturated heterocycles. The van der Waals surface area contributed by atoms with Gasteiger partial charge in [-0.25, -0.2) is 0 Å². The second kappa shape index (κ2) is 5.17. The van der Waals surface area contributed by atoms with Gasteiger partial charge in [0, 0.05) is 6.04 Å². The number of carbonyl (C=O) groups is 1. The number of nitrogens with zero attached hydrogens (tertiary/aromatic N) is 1. The first-order valence-electron chi connectivity index (χ1n) is 6.66. The third-order valence-corrected chi connectivity index (χ3v) is 4.24. The second-order valence-corrected chi connectivity index (χ2v) is 5.37. The van der Waals surface area contributed by atoms with Crippen molar-refractivity contribution >= 4 is 5.97 Å². The average Bonchev–Trinajstić information content (AvgIpc) is 3.09. The Hall–Kier alpha value is -0.570. The van der Waals surface area contributed by atoms with Gasteiger partial charge in [-0.05, 0) is 44.1 Å². The summed E-state index contributed by atoms with van der Waals surface area (Å²) in [5, 5.41) is 8.89. The van der Waals surface area contributed by atoms with Crippen LogP contribution in [0.4, 0.5) is 0 Å². The Morgan fingerprint density at radius 1 is 1.25 bits per heavy atom. The average molecular weight is 225 g/mol. The lowest BCUT2D eigenvalue weighted by molar-refractivity contribution is -0.139. The van der Waals surface area contributed by atoms with E-state index in [0.717, 1.165) is 18.4 Å². The van der Waals surface area contributed by atoms with Crippen LogP contribution < -0.4 is 0 Å². The zero-order valence-corrected chi connectivity index (χ0v) is 10.2. The smallest absolute Gasteiger partial charge is 0.317 e. The highest BCUT2D eigenvalue weighted by Gasteiger charge is 2.36. The number of aliphatic carboxylic acids is 1. The molecule has 0 heterocycles. The topological polar surface area (TPSA) is 40.5 Å². The van der Waals surface area contributed by atoms with Gasteiger partial charge in [0.05, 0.1) is 6.54 Å². The third-order valence-electron chi connectivity index (χ3n) is 4.24. The minimum absolute atomic E-state index is 0.221. The Balaban J connectivity index is 1.87. The number of carboxylic acids is 1. The van der Waals surface area contributed by atoms with Crippen LogP contribution in [-0.4, -0.2) is 35.1 Å². The van der Waals surface area contributed by atoms with Crippen LogP contribution in [0.1, 0.15) is 45.4 Å². The predicted octanol–water partition coefficient (Wildman–Crippen LogP) is 2.36. The summed E-state index contributed by atoms with van der Waals surface area (Å²) in [6.07, 6.45) is 7.95. The number of carboxylic acid groups (broad SMARTS) is 1. The summed E-state index contributed by atoms with van der Waals surface area (Å²) in [5.74, 6) is 1.18. The molecular weight excluding hydrogens is 202 g/mol. The molecule has 16 heavy (non-hydrogen) atoms. The molecule has 2 aliphatic rings. The first kappa shape index (κ1) is 11.9. The Bertz CT molecular complexity index is 250. The molecule has 0 radical (unpaired) electrons. The molecule has 2 unspecified atom stereocenters. The molecule has 0 bridgehead atoms. The fraction of sp³-hybridized carbons (Fsp3) is 0.923. The van der Waals surface area contributed by atoms with Gasteiger partial charge in [0.2, 0.25) is 0 Å². The van der Waals surface area contributed by atoms with Crippen LogP contribution >= 0.6 is 0 Å². The van der Waals surface area contributed by atoms with Crippen molar-refractivity contribution in [2.24, 2.45) is 11.8 Å². The molecule has 0 aromatic rings. The zero-order valence-electron chi connectivity index (χ0n) is 10.2. The van der Waals surface area contributed by atoms with Crippen LogP contribution in [0.2, 0.25) is 0 Å². The molecular formula is C13H23NO2. The van der Waals surface area contributed by atoms with E-state index in [0.29, 0.717) is 6.04 Å². The highest BCUT2D eigenvalue weighted by Crippen LogP contribution is 2.44. The molecule has 0 amide bonds. The van der Waals surface area contributed by atoms with E-state index in [4.69, 9.17) is 5.11 Å². The van der Waals surface area contributed by atoms with E-state index in [1.165, 1.54) is 38.5 Å². The highest BCUT2D eigenvalue weighted by molar-refractivity contribution is 5.69. The largest absolute Gasteiger partial charge is 0.480 e. The van der Waals surface area contributed by atoms with E-state index in [-0.39, 0.29) is 6.54 Å². The normalized spacial score (nSPS) is 30.6. The first-order chi connectivity index (χ1) is 7.70. The van der Waals surface area contributed by atoms with Crippen molar-refractivity contribution in [1.29, 1.82) is 0 Å². The molecule has 0 spiro atoms. The summed E-state index contributed by atoms with van der Waals surface area (Å²) in [6.45, 7) is 3.16. The van der Waals surface area contributed by atoms with Crippen molar-refractivity contribution in [3.8, 4) is 0 Å². The van der Waals surface area contributed by atoms with Crippen molar-refractivity contribution in [1.82, 2.24) is 4.90 Å². The number of likely N-dealkylation sites (N-methyl/N-ethyl adjacent to an activating group) is 1. The summed E-state index contributed by atoms with van der Waals surface area (Å²) in [4.78, 5) is 12.9. The van der Waals surface area contributed by atoms with E-state index in [9.17, 15) is 4.79 Å². The van der Waals surface area contributed by atoms with Crippen LogP contribution in [0.25, 0.3) is 0 Å². The van der Waals surface area contributed by atoms with Gasteiger partial charge < -0.3 is 5.11 Å². The van der Waals surface area contributed by atoms with Crippen molar-refractivity contribution in [3.63, 3.8) is 0 Å². The summed E-state index contributed by atoms with van der Waals surface area (Å²) < 4.78 is 0. The van der Waals surface area contributed by atoms with Gasteiger partial charge in [0.25, 0.3) is 0 Å². The number of hydrogen-bond acceptors (Lipinski definition) is 2. The van der Waals surface area contributed by atoms with E-state index >= 15 is 0 Å². The van der Waals surface area contributed by atoms with Crippen LogP contribution in [0.15, 0.2) is 0 Å². The first-order valence-corrected chi connectivity index (χ1v) is 6.66. The summed E-state index contributed by atoms with van der Waals surface area (Å²) >= 11 is 0. The molecule has 2 rings (SSSR count). The molecule has 2 saturated carbocycles. The molecule has 3 heteroatoms. The standard InChI is InChI=1S/C13H23NO2/c1-2-14(9-13(15)16)12-5-3-4-11(8-12)10-6-7-10/h10-12H,2-9H2,1H3,(H,15,16). The van der Waals surface area contributed by atoms with Crippen LogP contribution in [0, 0.1) is 11.8 Å². The van der Waals surface area contributed by atoms with Gasteiger partial charge in [-0.3, -0.25) is 9.69 Å². The highest BCUT2D eigenvalue weighted by atomic mass is 16.4. The van der Waals surface area contributed by atoms with Gasteiger partial charge >= 0.3 is 5.97 Å². The minimum atomic E-state index is -0.685. The van der Waals surface area contributed by atoms with Crippen LogP contribution in [0.5, 0.6) is 0 Å².